The maximum absolute atomic E-state index is 13.2. The van der Waals surface area contributed by atoms with E-state index in [0.717, 1.165) is 12.1 Å². The highest BCUT2D eigenvalue weighted by molar-refractivity contribution is 7.71. The molecule has 1 unspecified atom stereocenters. The van der Waals surface area contributed by atoms with Crippen molar-refractivity contribution in [2.75, 3.05) is 36.9 Å². The summed E-state index contributed by atoms with van der Waals surface area (Å²) in [4.78, 5) is 19.6. The number of hydrogen-bond donors (Lipinski definition) is 2. The number of rotatable bonds is 6. The van der Waals surface area contributed by atoms with Crippen molar-refractivity contribution in [3.8, 4) is 6.07 Å². The van der Waals surface area contributed by atoms with Crippen molar-refractivity contribution in [2.24, 2.45) is 19.1 Å². The van der Waals surface area contributed by atoms with E-state index in [1.165, 1.54) is 12.1 Å². The van der Waals surface area contributed by atoms with E-state index in [4.69, 9.17) is 21.9 Å². The van der Waals surface area contributed by atoms with Crippen molar-refractivity contribution in [1.82, 2.24) is 14.0 Å². The van der Waals surface area contributed by atoms with Gasteiger partial charge < -0.3 is 19.2 Å². The minimum atomic E-state index is -0.500. The standard InChI is InChI=1S/C26H28FN7O2S/c1-32-23(29-15-21-17-34(12-13-36-21)16-18-8-10-19(27)11-9-18)22(14-28)24(33(2)26(32)37)31-25(35)30-20-6-4-3-5-7-20/h3-11,21H,12-13,15-17H2,1-2H3,(H2,30,31,35). The minimum Gasteiger partial charge on any atom is -0.374 e. The Morgan fingerprint density at radius 2 is 1.89 bits per heavy atom. The molecule has 3 aromatic rings. The minimum absolute atomic E-state index is 0.193. The van der Waals surface area contributed by atoms with Crippen LogP contribution in [0, 0.1) is 21.9 Å². The van der Waals surface area contributed by atoms with Crippen molar-refractivity contribution < 1.29 is 13.9 Å². The smallest absolute Gasteiger partial charge is 0.324 e. The van der Waals surface area contributed by atoms with Crippen molar-refractivity contribution in [1.29, 1.82) is 5.26 Å². The first-order chi connectivity index (χ1) is 17.9. The van der Waals surface area contributed by atoms with Gasteiger partial charge in [0.1, 0.15) is 23.3 Å². The lowest BCUT2D eigenvalue weighted by atomic mass is 10.2. The average Bonchev–Trinajstić information content (AvgIpc) is 2.90. The molecule has 1 aliphatic heterocycles. The van der Waals surface area contributed by atoms with Gasteiger partial charge in [0.15, 0.2) is 10.3 Å². The molecule has 192 valence electrons. The molecule has 1 saturated heterocycles. The normalized spacial score (nSPS) is 16.3. The van der Waals surface area contributed by atoms with Crippen LogP contribution >= 0.6 is 12.2 Å². The molecule has 0 radical (unpaired) electrons. The Morgan fingerprint density at radius 3 is 2.59 bits per heavy atom. The summed E-state index contributed by atoms with van der Waals surface area (Å²) in [5, 5.41) is 15.5. The van der Waals surface area contributed by atoms with Crippen LogP contribution in [-0.4, -0.2) is 52.4 Å². The van der Waals surface area contributed by atoms with Gasteiger partial charge >= 0.3 is 6.03 Å². The third-order valence-electron chi connectivity index (χ3n) is 6.05. The number of hydrogen-bond acceptors (Lipinski definition) is 6. The van der Waals surface area contributed by atoms with E-state index >= 15 is 0 Å². The van der Waals surface area contributed by atoms with Gasteiger partial charge in [-0.3, -0.25) is 15.2 Å². The Morgan fingerprint density at radius 1 is 1.16 bits per heavy atom. The van der Waals surface area contributed by atoms with Crippen LogP contribution in [-0.2, 0) is 25.4 Å². The zero-order valence-corrected chi connectivity index (χ0v) is 21.5. The number of nitriles is 1. The molecule has 37 heavy (non-hydrogen) atoms. The zero-order valence-electron chi connectivity index (χ0n) is 20.6. The van der Waals surface area contributed by atoms with Crippen LogP contribution in [0.15, 0.2) is 59.6 Å². The van der Waals surface area contributed by atoms with Crippen LogP contribution in [0.1, 0.15) is 11.1 Å². The highest BCUT2D eigenvalue weighted by atomic mass is 32.1. The van der Waals surface area contributed by atoms with E-state index in [-0.39, 0.29) is 23.3 Å². The number of anilines is 2. The van der Waals surface area contributed by atoms with Gasteiger partial charge in [-0.2, -0.15) is 5.26 Å². The summed E-state index contributed by atoms with van der Waals surface area (Å²) < 4.78 is 22.7. The van der Waals surface area contributed by atoms with Crippen LogP contribution in [0.5, 0.6) is 0 Å². The molecule has 1 aliphatic rings. The second kappa shape index (κ2) is 11.9. The summed E-state index contributed by atoms with van der Waals surface area (Å²) in [6, 6.07) is 17.1. The van der Waals surface area contributed by atoms with E-state index in [9.17, 15) is 14.4 Å². The molecule has 2 amide bonds. The van der Waals surface area contributed by atoms with Crippen LogP contribution in [0.3, 0.4) is 0 Å². The maximum atomic E-state index is 13.2. The molecular formula is C26H28FN7O2S. The van der Waals surface area contributed by atoms with Crippen LogP contribution < -0.4 is 16.1 Å². The number of amides is 2. The molecule has 1 fully saturated rings. The average molecular weight is 522 g/mol. The number of carbonyl (C=O) groups is 1. The summed E-state index contributed by atoms with van der Waals surface area (Å²) in [6.45, 7) is 2.92. The summed E-state index contributed by atoms with van der Waals surface area (Å²) in [5.74, 6) is -0.00683. The first-order valence-corrected chi connectivity index (χ1v) is 12.2. The topological polar surface area (TPSA) is 99.6 Å². The third kappa shape index (κ3) is 6.48. The second-order valence-electron chi connectivity index (χ2n) is 8.70. The van der Waals surface area contributed by atoms with Crippen molar-refractivity contribution >= 4 is 29.8 Å². The number of halogens is 1. The number of ether oxygens (including phenoxy) is 1. The number of urea groups is 1. The summed E-state index contributed by atoms with van der Waals surface area (Å²) in [6.07, 6.45) is -0.193. The number of benzene rings is 2. The quantitative estimate of drug-likeness (QED) is 0.484. The monoisotopic (exact) mass is 521 g/mol. The van der Waals surface area contributed by atoms with Crippen molar-refractivity contribution in [3.63, 3.8) is 0 Å². The van der Waals surface area contributed by atoms with E-state index in [1.54, 1.807) is 47.5 Å². The fourth-order valence-electron chi connectivity index (χ4n) is 4.15. The lowest BCUT2D eigenvalue weighted by molar-refractivity contribution is -0.0262. The molecular weight excluding hydrogens is 493 g/mol. The molecule has 0 spiro atoms. The summed E-state index contributed by atoms with van der Waals surface area (Å²) >= 11 is 5.55. The number of nitrogens with one attached hydrogen (secondary N) is 2. The van der Waals surface area contributed by atoms with Gasteiger partial charge in [0.2, 0.25) is 0 Å². The Kier molecular flexibility index (Phi) is 8.45. The lowest BCUT2D eigenvalue weighted by Crippen LogP contribution is -2.43. The lowest BCUT2D eigenvalue weighted by Gasteiger charge is -2.32. The molecule has 0 saturated carbocycles. The van der Waals surface area contributed by atoms with Crippen LogP contribution in [0.4, 0.5) is 20.7 Å². The molecule has 1 aromatic heterocycles. The predicted octanol–water partition coefficient (Wildman–Crippen LogP) is 3.55. The van der Waals surface area contributed by atoms with Gasteiger partial charge in [0.05, 0.1) is 19.3 Å². The number of morpholine rings is 1. The molecule has 1 atom stereocenters. The van der Waals surface area contributed by atoms with Gasteiger partial charge in [0.25, 0.3) is 0 Å². The van der Waals surface area contributed by atoms with Gasteiger partial charge in [-0.15, -0.1) is 0 Å². The van der Waals surface area contributed by atoms with Crippen LogP contribution in [0.2, 0.25) is 0 Å². The van der Waals surface area contributed by atoms with Crippen LogP contribution in [0.25, 0.3) is 0 Å². The Labute approximate surface area is 219 Å². The fraction of sp³-hybridized carbons (Fsp3) is 0.308. The largest absolute Gasteiger partial charge is 0.374 e. The zero-order chi connectivity index (χ0) is 26.4. The number of para-hydroxylation sites is 1. The first kappa shape index (κ1) is 26.2. The fourth-order valence-corrected chi connectivity index (χ4v) is 4.33. The molecule has 2 aromatic carbocycles. The first-order valence-electron chi connectivity index (χ1n) is 11.8. The predicted molar refractivity (Wildman–Crippen MR) is 141 cm³/mol. The van der Waals surface area contributed by atoms with E-state index in [2.05, 4.69) is 21.6 Å². The van der Waals surface area contributed by atoms with Crippen molar-refractivity contribution in [2.45, 2.75) is 12.6 Å². The number of carbonyl (C=O) groups excluding carboxylic acids is 1. The van der Waals surface area contributed by atoms with Crippen molar-refractivity contribution in [3.05, 3.63) is 81.8 Å². The van der Waals surface area contributed by atoms with E-state index in [0.29, 0.717) is 42.2 Å². The molecule has 0 bridgehead atoms. The highest BCUT2D eigenvalue weighted by Crippen LogP contribution is 2.14. The second-order valence-corrected chi connectivity index (χ2v) is 9.06. The third-order valence-corrected chi connectivity index (χ3v) is 6.60. The molecule has 4 rings (SSSR count). The Balaban J connectivity index is 1.54. The van der Waals surface area contributed by atoms with Gasteiger partial charge in [-0.1, -0.05) is 30.3 Å². The highest BCUT2D eigenvalue weighted by Gasteiger charge is 2.21. The number of aromatic nitrogens is 2. The molecule has 11 heteroatoms. The molecule has 2 heterocycles. The molecule has 9 nitrogen and oxygen atoms in total. The SMILES string of the molecule is Cn1c(NC(=O)Nc2ccccc2)c(C#N)c(=NCC2CN(Cc3ccc(F)cc3)CCO2)n(C)c1=S. The van der Waals surface area contributed by atoms with Gasteiger partial charge in [-0.05, 0) is 42.0 Å². The summed E-state index contributed by atoms with van der Waals surface area (Å²) in [7, 11) is 3.42. The van der Waals surface area contributed by atoms with Gasteiger partial charge in [-0.25, -0.2) is 9.18 Å². The Bertz CT molecular complexity index is 1430. The van der Waals surface area contributed by atoms with Gasteiger partial charge in [0, 0.05) is 39.4 Å². The Hall–Kier alpha value is -3.85. The number of nitrogens with zero attached hydrogens (tertiary/aromatic N) is 5. The maximum Gasteiger partial charge on any atom is 0.324 e. The van der Waals surface area contributed by atoms with E-state index in [1.807, 2.05) is 18.2 Å². The molecule has 2 N–H and O–H groups in total. The molecule has 0 aliphatic carbocycles. The van der Waals surface area contributed by atoms with E-state index < -0.39 is 6.03 Å². The summed E-state index contributed by atoms with van der Waals surface area (Å²) in [5.41, 5.74) is 2.19.